The predicted molar refractivity (Wildman–Crippen MR) is 75.4 cm³/mol. The van der Waals surface area contributed by atoms with Gasteiger partial charge >= 0.3 is 0 Å². The van der Waals surface area contributed by atoms with Crippen LogP contribution in [-0.4, -0.2) is 25.8 Å². The van der Waals surface area contributed by atoms with Crippen LogP contribution >= 0.6 is 0 Å². The van der Waals surface area contributed by atoms with Gasteiger partial charge in [0.2, 0.25) is 0 Å². The molecule has 0 saturated carbocycles. The quantitative estimate of drug-likeness (QED) is 0.786. The van der Waals surface area contributed by atoms with Crippen molar-refractivity contribution in [2.45, 2.75) is 26.3 Å². The van der Waals surface area contributed by atoms with Crippen molar-refractivity contribution in [3.8, 4) is 11.5 Å². The normalized spacial score (nSPS) is 11.1. The summed E-state index contributed by atoms with van der Waals surface area (Å²) in [4.78, 5) is 0. The minimum absolute atomic E-state index is 0.0961. The molecule has 0 saturated heterocycles. The highest BCUT2D eigenvalue weighted by Crippen LogP contribution is 2.19. The fourth-order valence-corrected chi connectivity index (χ4v) is 1.32. The predicted octanol–water partition coefficient (Wildman–Crippen LogP) is 3.02. The standard InChI is InChI=1S/C15H23NO2/c1-12(10-16-15(2,3)4)11-18-14-8-6-7-13(9-14)17-5/h6-9,16H,1,10-11H2,2-5H3. The summed E-state index contributed by atoms with van der Waals surface area (Å²) in [5, 5.41) is 3.38. The smallest absolute Gasteiger partial charge is 0.123 e. The Morgan fingerprint density at radius 3 is 2.56 bits per heavy atom. The van der Waals surface area contributed by atoms with Crippen LogP contribution in [0.15, 0.2) is 36.4 Å². The van der Waals surface area contributed by atoms with Crippen molar-refractivity contribution in [1.82, 2.24) is 5.32 Å². The minimum Gasteiger partial charge on any atom is -0.497 e. The zero-order valence-corrected chi connectivity index (χ0v) is 11.7. The second kappa shape index (κ2) is 6.45. The molecular formula is C15H23NO2. The van der Waals surface area contributed by atoms with E-state index in [1.165, 1.54) is 0 Å². The van der Waals surface area contributed by atoms with E-state index in [9.17, 15) is 0 Å². The van der Waals surface area contributed by atoms with E-state index in [1.54, 1.807) is 7.11 Å². The lowest BCUT2D eigenvalue weighted by Gasteiger charge is -2.21. The summed E-state index contributed by atoms with van der Waals surface area (Å²) < 4.78 is 10.8. The number of methoxy groups -OCH3 is 1. The lowest BCUT2D eigenvalue weighted by Crippen LogP contribution is -2.37. The van der Waals surface area contributed by atoms with Crippen molar-refractivity contribution in [2.24, 2.45) is 0 Å². The molecule has 3 nitrogen and oxygen atoms in total. The Labute approximate surface area is 110 Å². The summed E-state index contributed by atoms with van der Waals surface area (Å²) in [6.45, 7) is 11.6. The summed E-state index contributed by atoms with van der Waals surface area (Å²) in [7, 11) is 1.64. The Hall–Kier alpha value is -1.48. The monoisotopic (exact) mass is 249 g/mol. The molecule has 0 spiro atoms. The van der Waals surface area contributed by atoms with Gasteiger partial charge in [-0.25, -0.2) is 0 Å². The molecule has 1 aromatic carbocycles. The summed E-state index contributed by atoms with van der Waals surface area (Å²) in [5.41, 5.74) is 1.12. The molecule has 0 aliphatic carbocycles. The second-order valence-corrected chi connectivity index (χ2v) is 5.32. The van der Waals surface area contributed by atoms with Gasteiger partial charge in [-0.2, -0.15) is 0 Å². The van der Waals surface area contributed by atoms with Crippen LogP contribution in [0, 0.1) is 0 Å². The highest BCUT2D eigenvalue weighted by molar-refractivity contribution is 5.33. The third-order valence-electron chi connectivity index (χ3n) is 2.35. The second-order valence-electron chi connectivity index (χ2n) is 5.32. The number of ether oxygens (including phenoxy) is 2. The van der Waals surface area contributed by atoms with Crippen molar-refractivity contribution < 1.29 is 9.47 Å². The van der Waals surface area contributed by atoms with Crippen LogP contribution < -0.4 is 14.8 Å². The molecule has 100 valence electrons. The molecule has 0 unspecified atom stereocenters. The number of hydrogen-bond donors (Lipinski definition) is 1. The lowest BCUT2D eigenvalue weighted by atomic mass is 10.1. The molecule has 1 rings (SSSR count). The van der Waals surface area contributed by atoms with Crippen molar-refractivity contribution in [3.05, 3.63) is 36.4 Å². The highest BCUT2D eigenvalue weighted by atomic mass is 16.5. The molecule has 0 heterocycles. The van der Waals surface area contributed by atoms with Gasteiger partial charge in [0.1, 0.15) is 18.1 Å². The Kier molecular flexibility index (Phi) is 5.23. The Morgan fingerprint density at radius 2 is 1.94 bits per heavy atom. The maximum Gasteiger partial charge on any atom is 0.123 e. The van der Waals surface area contributed by atoms with Crippen LogP contribution in [0.5, 0.6) is 11.5 Å². The van der Waals surface area contributed by atoms with E-state index in [2.05, 4.69) is 32.7 Å². The summed E-state index contributed by atoms with van der Waals surface area (Å²) in [5.74, 6) is 1.59. The van der Waals surface area contributed by atoms with Crippen molar-refractivity contribution in [3.63, 3.8) is 0 Å². The molecule has 1 aromatic rings. The van der Waals surface area contributed by atoms with Crippen molar-refractivity contribution in [2.75, 3.05) is 20.3 Å². The zero-order chi connectivity index (χ0) is 13.6. The maximum absolute atomic E-state index is 5.66. The molecule has 18 heavy (non-hydrogen) atoms. The van der Waals surface area contributed by atoms with Crippen LogP contribution in [0.1, 0.15) is 20.8 Å². The van der Waals surface area contributed by atoms with Crippen LogP contribution in [-0.2, 0) is 0 Å². The van der Waals surface area contributed by atoms with E-state index in [-0.39, 0.29) is 5.54 Å². The molecule has 0 radical (unpaired) electrons. The molecule has 0 atom stereocenters. The summed E-state index contributed by atoms with van der Waals surface area (Å²) in [6, 6.07) is 7.57. The third kappa shape index (κ3) is 5.73. The van der Waals surface area contributed by atoms with Gasteiger partial charge in [-0.3, -0.25) is 0 Å². The molecular weight excluding hydrogens is 226 g/mol. The summed E-state index contributed by atoms with van der Waals surface area (Å²) in [6.07, 6.45) is 0. The van der Waals surface area contributed by atoms with Gasteiger partial charge in [0.15, 0.2) is 0 Å². The highest BCUT2D eigenvalue weighted by Gasteiger charge is 2.08. The number of benzene rings is 1. The molecule has 1 N–H and O–H groups in total. The van der Waals surface area contributed by atoms with Crippen LogP contribution in [0.3, 0.4) is 0 Å². The van der Waals surface area contributed by atoms with Gasteiger partial charge < -0.3 is 14.8 Å². The van der Waals surface area contributed by atoms with Gasteiger partial charge in [0.25, 0.3) is 0 Å². The third-order valence-corrected chi connectivity index (χ3v) is 2.35. The molecule has 0 aliphatic rings. The molecule has 0 bridgehead atoms. The molecule has 0 aliphatic heterocycles. The van der Waals surface area contributed by atoms with E-state index < -0.39 is 0 Å². The summed E-state index contributed by atoms with van der Waals surface area (Å²) >= 11 is 0. The van der Waals surface area contributed by atoms with Gasteiger partial charge in [0.05, 0.1) is 7.11 Å². The Bertz CT molecular complexity index is 394. The first kappa shape index (κ1) is 14.6. The fourth-order valence-electron chi connectivity index (χ4n) is 1.32. The van der Waals surface area contributed by atoms with Crippen LogP contribution in [0.25, 0.3) is 0 Å². The van der Waals surface area contributed by atoms with Gasteiger partial charge in [0, 0.05) is 18.2 Å². The Morgan fingerprint density at radius 1 is 1.28 bits per heavy atom. The average Bonchev–Trinajstić information content (AvgIpc) is 2.33. The average molecular weight is 249 g/mol. The van der Waals surface area contributed by atoms with E-state index in [0.29, 0.717) is 6.61 Å². The number of rotatable bonds is 6. The first-order valence-electron chi connectivity index (χ1n) is 6.09. The maximum atomic E-state index is 5.66. The topological polar surface area (TPSA) is 30.5 Å². The van der Waals surface area contributed by atoms with E-state index in [4.69, 9.17) is 9.47 Å². The van der Waals surface area contributed by atoms with Crippen molar-refractivity contribution >= 4 is 0 Å². The lowest BCUT2D eigenvalue weighted by molar-refractivity contribution is 0.338. The van der Waals surface area contributed by atoms with Crippen LogP contribution in [0.2, 0.25) is 0 Å². The minimum atomic E-state index is 0.0961. The molecule has 0 aromatic heterocycles. The molecule has 0 amide bonds. The van der Waals surface area contributed by atoms with Crippen LogP contribution in [0.4, 0.5) is 0 Å². The van der Waals surface area contributed by atoms with Gasteiger partial charge in [-0.15, -0.1) is 0 Å². The molecule has 0 fully saturated rings. The van der Waals surface area contributed by atoms with Gasteiger partial charge in [-0.05, 0) is 38.5 Å². The van der Waals surface area contributed by atoms with Crippen molar-refractivity contribution in [1.29, 1.82) is 0 Å². The SMILES string of the molecule is C=C(CNC(C)(C)C)COc1cccc(OC)c1. The van der Waals surface area contributed by atoms with E-state index in [0.717, 1.165) is 23.6 Å². The largest absolute Gasteiger partial charge is 0.497 e. The van der Waals surface area contributed by atoms with E-state index >= 15 is 0 Å². The van der Waals surface area contributed by atoms with Gasteiger partial charge in [-0.1, -0.05) is 12.6 Å². The first-order chi connectivity index (χ1) is 8.40. The fraction of sp³-hybridized carbons (Fsp3) is 0.467. The first-order valence-corrected chi connectivity index (χ1v) is 6.09. The van der Waals surface area contributed by atoms with E-state index in [1.807, 2.05) is 24.3 Å². The molecule has 3 heteroatoms. The number of hydrogen-bond acceptors (Lipinski definition) is 3. The Balaban J connectivity index is 2.38. The number of nitrogens with one attached hydrogen (secondary N) is 1. The zero-order valence-electron chi connectivity index (χ0n) is 11.7.